The zero-order chi connectivity index (χ0) is 17.1. The first-order chi connectivity index (χ1) is 11.6. The fourth-order valence-electron chi connectivity index (χ4n) is 3.52. The van der Waals surface area contributed by atoms with Crippen LogP contribution in [0, 0.1) is 5.92 Å². The average molecular weight is 432 g/mol. The first-order valence-corrected chi connectivity index (χ1v) is 9.83. The molecule has 1 aromatic rings. The highest BCUT2D eigenvalue weighted by molar-refractivity contribution is 9.10. The van der Waals surface area contributed by atoms with Crippen LogP contribution in [0.1, 0.15) is 45.1 Å². The summed E-state index contributed by atoms with van der Waals surface area (Å²) < 4.78 is 6.79. The van der Waals surface area contributed by atoms with Gasteiger partial charge >= 0.3 is 0 Å². The molecule has 0 unspecified atom stereocenters. The lowest BCUT2D eigenvalue weighted by Crippen LogP contribution is -2.44. The topological polar surface area (TPSA) is 41.6 Å². The van der Waals surface area contributed by atoms with Crippen molar-refractivity contribution in [3.8, 4) is 5.75 Å². The van der Waals surface area contributed by atoms with E-state index in [0.717, 1.165) is 48.0 Å². The maximum absolute atomic E-state index is 13.1. The maximum Gasteiger partial charge on any atom is 0.226 e. The molecule has 2 aliphatic rings. The van der Waals surface area contributed by atoms with E-state index < -0.39 is 0 Å². The number of halogens is 2. The fraction of sp³-hybridized carbons (Fsp3) is 0.632. The molecule has 1 aliphatic heterocycles. The van der Waals surface area contributed by atoms with E-state index in [1.54, 1.807) is 0 Å². The third-order valence-electron chi connectivity index (χ3n) is 4.91. The van der Waals surface area contributed by atoms with E-state index in [1.807, 2.05) is 19.1 Å². The zero-order valence-corrected chi connectivity index (χ0v) is 17.4. The Morgan fingerprint density at radius 1 is 1.36 bits per heavy atom. The van der Waals surface area contributed by atoms with E-state index in [2.05, 4.69) is 39.1 Å². The summed E-state index contributed by atoms with van der Waals surface area (Å²) in [7, 11) is 0. The van der Waals surface area contributed by atoms with Crippen molar-refractivity contribution in [3.63, 3.8) is 0 Å². The number of piperidine rings is 1. The highest BCUT2D eigenvalue weighted by Gasteiger charge is 2.37. The normalized spacial score (nSPS) is 22.8. The summed E-state index contributed by atoms with van der Waals surface area (Å²) in [6.45, 7) is 6.39. The number of carbonyl (C=O) groups excluding carboxylic acids is 1. The molecule has 1 N–H and O–H groups in total. The molecular formula is C19H28BrClN2O2. The van der Waals surface area contributed by atoms with Crippen molar-refractivity contribution in [2.24, 2.45) is 5.92 Å². The molecule has 0 aromatic heterocycles. The first-order valence-electron chi connectivity index (χ1n) is 9.03. The Morgan fingerprint density at radius 3 is 2.76 bits per heavy atom. The summed E-state index contributed by atoms with van der Waals surface area (Å²) in [6, 6.07) is 6.91. The second kappa shape index (κ2) is 9.24. The van der Waals surface area contributed by atoms with Gasteiger partial charge in [-0.05, 0) is 64.3 Å². The lowest BCUT2D eigenvalue weighted by molar-refractivity contribution is -0.138. The van der Waals surface area contributed by atoms with Crippen LogP contribution in [0.25, 0.3) is 0 Å². The van der Waals surface area contributed by atoms with Crippen molar-refractivity contribution in [3.05, 3.63) is 28.2 Å². The van der Waals surface area contributed by atoms with Gasteiger partial charge in [0.05, 0.1) is 6.61 Å². The van der Waals surface area contributed by atoms with Crippen LogP contribution in [0.4, 0.5) is 0 Å². The van der Waals surface area contributed by atoms with Gasteiger partial charge in [-0.2, -0.15) is 0 Å². The van der Waals surface area contributed by atoms with Gasteiger partial charge in [-0.3, -0.25) is 4.79 Å². The number of hydrogen-bond acceptors (Lipinski definition) is 3. The number of hydrogen-bond donors (Lipinski definition) is 1. The first kappa shape index (κ1) is 20.5. The predicted octanol–water partition coefficient (Wildman–Crippen LogP) is 4.15. The SMILES string of the molecule is CCOc1ccc(Br)cc1CN(C(=O)[C@H]1CCN[C@@H](C)C1)C1CC1.Cl. The molecule has 2 atom stereocenters. The Kier molecular flexibility index (Phi) is 7.59. The Labute approximate surface area is 165 Å². The Hall–Kier alpha value is -0.780. The van der Waals surface area contributed by atoms with Crippen LogP contribution in [0.3, 0.4) is 0 Å². The molecule has 0 spiro atoms. The largest absolute Gasteiger partial charge is 0.494 e. The quantitative estimate of drug-likeness (QED) is 0.736. The van der Waals surface area contributed by atoms with E-state index in [0.29, 0.717) is 31.1 Å². The number of nitrogens with zero attached hydrogens (tertiary/aromatic N) is 1. The summed E-state index contributed by atoms with van der Waals surface area (Å²) in [4.78, 5) is 15.2. The summed E-state index contributed by atoms with van der Waals surface area (Å²) in [6.07, 6.45) is 4.15. The molecule has 0 radical (unpaired) electrons. The third-order valence-corrected chi connectivity index (χ3v) is 5.40. The summed E-state index contributed by atoms with van der Waals surface area (Å²) in [5.41, 5.74) is 1.09. The van der Waals surface area contributed by atoms with Gasteiger partial charge in [0, 0.05) is 34.6 Å². The fourth-order valence-corrected chi connectivity index (χ4v) is 3.92. The summed E-state index contributed by atoms with van der Waals surface area (Å²) in [5.74, 6) is 1.37. The van der Waals surface area contributed by atoms with Gasteiger partial charge in [0.1, 0.15) is 5.75 Å². The summed E-state index contributed by atoms with van der Waals surface area (Å²) >= 11 is 3.54. The molecule has 1 aromatic carbocycles. The second-order valence-electron chi connectivity index (χ2n) is 6.96. The molecular weight excluding hydrogens is 404 g/mol. The number of nitrogens with one attached hydrogen (secondary N) is 1. The van der Waals surface area contributed by atoms with Gasteiger partial charge < -0.3 is 15.0 Å². The zero-order valence-electron chi connectivity index (χ0n) is 15.0. The Bertz CT molecular complexity index is 595. The summed E-state index contributed by atoms with van der Waals surface area (Å²) in [5, 5.41) is 3.44. The van der Waals surface area contributed by atoms with Crippen molar-refractivity contribution in [1.82, 2.24) is 10.2 Å². The molecule has 6 heteroatoms. The van der Waals surface area contributed by atoms with Crippen molar-refractivity contribution >= 4 is 34.2 Å². The van der Waals surface area contributed by atoms with E-state index in [9.17, 15) is 4.79 Å². The minimum Gasteiger partial charge on any atom is -0.494 e. The predicted molar refractivity (Wildman–Crippen MR) is 106 cm³/mol. The lowest BCUT2D eigenvalue weighted by atomic mass is 9.91. The van der Waals surface area contributed by atoms with Crippen molar-refractivity contribution in [2.45, 2.75) is 58.2 Å². The third kappa shape index (κ3) is 5.35. The van der Waals surface area contributed by atoms with Crippen LogP contribution >= 0.6 is 28.3 Å². The molecule has 1 aliphatic carbocycles. The van der Waals surface area contributed by atoms with Crippen LogP contribution < -0.4 is 10.1 Å². The highest BCUT2D eigenvalue weighted by Crippen LogP contribution is 2.34. The average Bonchev–Trinajstić information content (AvgIpc) is 3.39. The molecule has 25 heavy (non-hydrogen) atoms. The monoisotopic (exact) mass is 430 g/mol. The number of ether oxygens (including phenoxy) is 1. The number of benzene rings is 1. The molecule has 1 saturated heterocycles. The van der Waals surface area contributed by atoms with Crippen molar-refractivity contribution in [1.29, 1.82) is 0 Å². The van der Waals surface area contributed by atoms with Crippen LogP contribution in [0.15, 0.2) is 22.7 Å². The number of amides is 1. The van der Waals surface area contributed by atoms with Gasteiger partial charge in [-0.25, -0.2) is 0 Å². The van der Waals surface area contributed by atoms with Gasteiger partial charge in [-0.15, -0.1) is 12.4 Å². The molecule has 4 nitrogen and oxygen atoms in total. The second-order valence-corrected chi connectivity index (χ2v) is 7.87. The van der Waals surface area contributed by atoms with Crippen LogP contribution in [0.5, 0.6) is 5.75 Å². The van der Waals surface area contributed by atoms with Crippen molar-refractivity contribution < 1.29 is 9.53 Å². The van der Waals surface area contributed by atoms with Crippen LogP contribution in [-0.2, 0) is 11.3 Å². The minimum absolute atomic E-state index is 0. The van der Waals surface area contributed by atoms with Gasteiger partial charge in [0.15, 0.2) is 0 Å². The lowest BCUT2D eigenvalue weighted by Gasteiger charge is -2.32. The maximum atomic E-state index is 13.1. The molecule has 1 amide bonds. The molecule has 1 saturated carbocycles. The van der Waals surface area contributed by atoms with E-state index in [4.69, 9.17) is 4.74 Å². The Balaban J connectivity index is 0.00000225. The number of carbonyl (C=O) groups is 1. The van der Waals surface area contributed by atoms with E-state index >= 15 is 0 Å². The highest BCUT2D eigenvalue weighted by atomic mass is 79.9. The Morgan fingerprint density at radius 2 is 2.12 bits per heavy atom. The van der Waals surface area contributed by atoms with Gasteiger partial charge in [0.25, 0.3) is 0 Å². The number of rotatable bonds is 6. The molecule has 0 bridgehead atoms. The van der Waals surface area contributed by atoms with Crippen LogP contribution in [0.2, 0.25) is 0 Å². The van der Waals surface area contributed by atoms with E-state index in [1.165, 1.54) is 0 Å². The minimum atomic E-state index is 0. The van der Waals surface area contributed by atoms with Gasteiger partial charge in [-0.1, -0.05) is 15.9 Å². The van der Waals surface area contributed by atoms with E-state index in [-0.39, 0.29) is 18.3 Å². The van der Waals surface area contributed by atoms with Gasteiger partial charge in [0.2, 0.25) is 5.91 Å². The van der Waals surface area contributed by atoms with Crippen molar-refractivity contribution in [2.75, 3.05) is 13.2 Å². The molecule has 140 valence electrons. The molecule has 1 heterocycles. The molecule has 3 rings (SSSR count). The van der Waals surface area contributed by atoms with Crippen LogP contribution in [-0.4, -0.2) is 36.0 Å². The standard InChI is InChI=1S/C19H27BrN2O2.ClH/c1-3-24-18-7-4-16(20)11-15(18)12-22(17-5-6-17)19(23)14-8-9-21-13(2)10-14;/h4,7,11,13-14,17,21H,3,5-6,8-10,12H2,1-2H3;1H/t13-,14-;/m0./s1. The smallest absolute Gasteiger partial charge is 0.226 e. The molecule has 2 fully saturated rings.